The van der Waals surface area contributed by atoms with Gasteiger partial charge in [-0.2, -0.15) is 0 Å². The summed E-state index contributed by atoms with van der Waals surface area (Å²) in [6.45, 7) is 1.96. The van der Waals surface area contributed by atoms with Crippen molar-refractivity contribution in [3.63, 3.8) is 0 Å². The van der Waals surface area contributed by atoms with Gasteiger partial charge in [-0.05, 0) is 61.4 Å². The number of carbonyl (C=O) groups excluding carboxylic acids is 1. The molecule has 0 aliphatic heterocycles. The van der Waals surface area contributed by atoms with E-state index in [4.69, 9.17) is 16.3 Å². The van der Waals surface area contributed by atoms with Gasteiger partial charge in [0.05, 0.1) is 11.1 Å². The number of carbonyl (C=O) groups is 1. The van der Waals surface area contributed by atoms with Gasteiger partial charge >= 0.3 is 0 Å². The fourth-order valence-electron chi connectivity index (χ4n) is 3.09. The van der Waals surface area contributed by atoms with Crippen molar-refractivity contribution in [3.8, 4) is 5.75 Å². The van der Waals surface area contributed by atoms with E-state index in [1.807, 2.05) is 19.1 Å². The van der Waals surface area contributed by atoms with E-state index in [2.05, 4.69) is 23.5 Å². The second-order valence-corrected chi connectivity index (χ2v) is 6.65. The van der Waals surface area contributed by atoms with E-state index in [0.29, 0.717) is 10.8 Å². The van der Waals surface area contributed by atoms with Crippen LogP contribution in [0, 0.1) is 0 Å². The Balaban J connectivity index is 1.57. The number of hydrogen-bond acceptors (Lipinski definition) is 2. The summed E-state index contributed by atoms with van der Waals surface area (Å²) >= 11 is 6.02. The van der Waals surface area contributed by atoms with E-state index in [-0.39, 0.29) is 18.6 Å². The third kappa shape index (κ3) is 4.09. The number of rotatable bonds is 5. The number of ether oxygens (including phenoxy) is 1. The van der Waals surface area contributed by atoms with Crippen molar-refractivity contribution in [3.05, 3.63) is 64.2 Å². The maximum Gasteiger partial charge on any atom is 0.258 e. The highest BCUT2D eigenvalue weighted by atomic mass is 35.5. The first-order valence-corrected chi connectivity index (χ1v) is 8.79. The molecule has 2 aromatic rings. The Hall–Kier alpha value is -2.00. The standard InChI is InChI=1S/C20H22ClNO2/c1-14(16-11-10-15-6-2-3-7-17(15)12-16)22-20(23)13-24-19-9-5-4-8-18(19)21/h4-5,8-12,14H,2-3,6-7,13H2,1H3,(H,22,23)/t14-/m1/s1. The minimum absolute atomic E-state index is 0.0421. The molecule has 0 fully saturated rings. The van der Waals surface area contributed by atoms with E-state index in [1.54, 1.807) is 12.1 Å². The minimum Gasteiger partial charge on any atom is -0.482 e. The Bertz CT molecular complexity index is 729. The predicted octanol–water partition coefficient (Wildman–Crippen LogP) is 4.48. The van der Waals surface area contributed by atoms with Crippen molar-refractivity contribution in [1.82, 2.24) is 5.32 Å². The number of nitrogens with one attached hydrogen (secondary N) is 1. The molecule has 1 aliphatic rings. The van der Waals surface area contributed by atoms with E-state index >= 15 is 0 Å². The molecule has 4 heteroatoms. The van der Waals surface area contributed by atoms with Crippen molar-refractivity contribution >= 4 is 17.5 Å². The molecule has 0 saturated heterocycles. The first-order valence-electron chi connectivity index (χ1n) is 8.42. The number of amides is 1. The molecule has 24 heavy (non-hydrogen) atoms. The van der Waals surface area contributed by atoms with Crippen LogP contribution in [-0.4, -0.2) is 12.5 Å². The number of fused-ring (bicyclic) bond motifs is 1. The molecule has 126 valence electrons. The normalized spacial score (nSPS) is 14.6. The molecule has 0 heterocycles. The van der Waals surface area contributed by atoms with Gasteiger partial charge in [-0.15, -0.1) is 0 Å². The molecule has 3 nitrogen and oxygen atoms in total. The summed E-state index contributed by atoms with van der Waals surface area (Å²) < 4.78 is 5.48. The Morgan fingerprint density at radius 1 is 1.17 bits per heavy atom. The van der Waals surface area contributed by atoms with Crippen molar-refractivity contribution in [1.29, 1.82) is 0 Å². The zero-order valence-corrected chi connectivity index (χ0v) is 14.6. The molecule has 1 amide bonds. The largest absolute Gasteiger partial charge is 0.482 e. The van der Waals surface area contributed by atoms with Crippen LogP contribution in [0.3, 0.4) is 0 Å². The average Bonchev–Trinajstić information content (AvgIpc) is 2.60. The van der Waals surface area contributed by atoms with Crippen LogP contribution in [-0.2, 0) is 17.6 Å². The zero-order chi connectivity index (χ0) is 16.9. The Kier molecular flexibility index (Phi) is 5.41. The third-order valence-electron chi connectivity index (χ3n) is 4.45. The maximum absolute atomic E-state index is 12.1. The molecule has 1 atom stereocenters. The van der Waals surface area contributed by atoms with Gasteiger partial charge in [-0.3, -0.25) is 4.79 Å². The Labute approximate surface area is 148 Å². The van der Waals surface area contributed by atoms with E-state index in [9.17, 15) is 4.79 Å². The van der Waals surface area contributed by atoms with Crippen molar-refractivity contribution in [2.45, 2.75) is 38.6 Å². The lowest BCUT2D eigenvalue weighted by Gasteiger charge is -2.20. The lowest BCUT2D eigenvalue weighted by atomic mass is 9.89. The molecule has 0 unspecified atom stereocenters. The molecule has 0 saturated carbocycles. The van der Waals surface area contributed by atoms with Crippen LogP contribution in [0.15, 0.2) is 42.5 Å². The lowest BCUT2D eigenvalue weighted by molar-refractivity contribution is -0.123. The van der Waals surface area contributed by atoms with Gasteiger partial charge in [0.25, 0.3) is 5.91 Å². The van der Waals surface area contributed by atoms with Gasteiger partial charge in [0, 0.05) is 0 Å². The third-order valence-corrected chi connectivity index (χ3v) is 4.76. The van der Waals surface area contributed by atoms with Crippen LogP contribution >= 0.6 is 11.6 Å². The fourth-order valence-corrected chi connectivity index (χ4v) is 3.28. The second-order valence-electron chi connectivity index (χ2n) is 6.24. The topological polar surface area (TPSA) is 38.3 Å². The highest BCUT2D eigenvalue weighted by molar-refractivity contribution is 6.32. The van der Waals surface area contributed by atoms with Crippen LogP contribution in [0.1, 0.15) is 42.5 Å². The van der Waals surface area contributed by atoms with Crippen LogP contribution < -0.4 is 10.1 Å². The van der Waals surface area contributed by atoms with Crippen LogP contribution in [0.2, 0.25) is 5.02 Å². The van der Waals surface area contributed by atoms with E-state index < -0.39 is 0 Å². The fraction of sp³-hybridized carbons (Fsp3) is 0.350. The average molecular weight is 344 g/mol. The van der Waals surface area contributed by atoms with E-state index in [0.717, 1.165) is 12.0 Å². The van der Waals surface area contributed by atoms with Crippen molar-refractivity contribution < 1.29 is 9.53 Å². The summed E-state index contributed by atoms with van der Waals surface area (Å²) in [5.74, 6) is 0.371. The molecular weight excluding hydrogens is 322 g/mol. The van der Waals surface area contributed by atoms with Crippen LogP contribution in [0.25, 0.3) is 0 Å². The molecule has 3 rings (SSSR count). The summed E-state index contributed by atoms with van der Waals surface area (Å²) in [7, 11) is 0. The Morgan fingerprint density at radius 3 is 2.71 bits per heavy atom. The van der Waals surface area contributed by atoms with Crippen LogP contribution in [0.5, 0.6) is 5.75 Å². The SMILES string of the molecule is C[C@@H](NC(=O)COc1ccccc1Cl)c1ccc2c(c1)CCCC2. The second kappa shape index (κ2) is 7.71. The molecule has 2 aromatic carbocycles. The number of aryl methyl sites for hydroxylation is 2. The summed E-state index contributed by atoms with van der Waals surface area (Å²) in [6, 6.07) is 13.7. The molecule has 0 aromatic heterocycles. The van der Waals surface area contributed by atoms with Gasteiger partial charge in [-0.25, -0.2) is 0 Å². The highest BCUT2D eigenvalue weighted by Crippen LogP contribution is 2.25. The first-order chi connectivity index (χ1) is 11.6. The molecule has 0 spiro atoms. The first kappa shape index (κ1) is 16.8. The molecule has 1 N–H and O–H groups in total. The van der Waals surface area contributed by atoms with Crippen LogP contribution in [0.4, 0.5) is 0 Å². The van der Waals surface area contributed by atoms with Gasteiger partial charge in [0.2, 0.25) is 0 Å². The highest BCUT2D eigenvalue weighted by Gasteiger charge is 2.14. The van der Waals surface area contributed by atoms with Gasteiger partial charge in [-0.1, -0.05) is 41.9 Å². The maximum atomic E-state index is 12.1. The summed E-state index contributed by atoms with van der Waals surface area (Å²) in [4.78, 5) is 12.1. The molecule has 0 bridgehead atoms. The van der Waals surface area contributed by atoms with Gasteiger partial charge < -0.3 is 10.1 Å². The predicted molar refractivity (Wildman–Crippen MR) is 96.6 cm³/mol. The molecule has 1 aliphatic carbocycles. The van der Waals surface area contributed by atoms with Crippen molar-refractivity contribution in [2.75, 3.05) is 6.61 Å². The smallest absolute Gasteiger partial charge is 0.258 e. The summed E-state index contributed by atoms with van der Waals surface area (Å²) in [6.07, 6.45) is 4.84. The van der Waals surface area contributed by atoms with Gasteiger partial charge in [0.15, 0.2) is 6.61 Å². The quantitative estimate of drug-likeness (QED) is 0.869. The number of benzene rings is 2. The molecular formula is C20H22ClNO2. The Morgan fingerprint density at radius 2 is 1.92 bits per heavy atom. The van der Waals surface area contributed by atoms with Gasteiger partial charge in [0.1, 0.15) is 5.75 Å². The lowest BCUT2D eigenvalue weighted by Crippen LogP contribution is -2.31. The van der Waals surface area contributed by atoms with Crippen molar-refractivity contribution in [2.24, 2.45) is 0 Å². The summed E-state index contributed by atoms with van der Waals surface area (Å²) in [5.41, 5.74) is 4.01. The van der Waals surface area contributed by atoms with E-state index in [1.165, 1.54) is 30.4 Å². The number of para-hydroxylation sites is 1. The number of hydrogen-bond donors (Lipinski definition) is 1. The summed E-state index contributed by atoms with van der Waals surface area (Å²) in [5, 5.41) is 3.49. The number of halogens is 1. The minimum atomic E-state index is -0.153. The zero-order valence-electron chi connectivity index (χ0n) is 13.8. The molecule has 0 radical (unpaired) electrons. The monoisotopic (exact) mass is 343 g/mol.